The average molecular weight is 373 g/mol. The number of benzene rings is 2. The van der Waals surface area contributed by atoms with Gasteiger partial charge in [-0.3, -0.25) is 14.6 Å². The van der Waals surface area contributed by atoms with Gasteiger partial charge >= 0.3 is 0 Å². The van der Waals surface area contributed by atoms with Crippen molar-refractivity contribution in [2.45, 2.75) is 19.8 Å². The largest absolute Gasteiger partial charge is 0.350 e. The zero-order valence-corrected chi connectivity index (χ0v) is 15.8. The summed E-state index contributed by atoms with van der Waals surface area (Å²) in [6.07, 6.45) is 3.16. The maximum atomic E-state index is 12.5. The van der Waals surface area contributed by atoms with Gasteiger partial charge in [-0.25, -0.2) is 0 Å². The summed E-state index contributed by atoms with van der Waals surface area (Å²) in [7, 11) is 0. The highest BCUT2D eigenvalue weighted by atomic mass is 16.2. The molecule has 28 heavy (non-hydrogen) atoms. The van der Waals surface area contributed by atoms with Gasteiger partial charge in [0, 0.05) is 24.0 Å². The first-order chi connectivity index (χ1) is 13.7. The molecule has 5 nitrogen and oxygen atoms in total. The lowest BCUT2D eigenvalue weighted by molar-refractivity contribution is 0.0949. The number of amides is 2. The maximum absolute atomic E-state index is 12.5. The molecule has 3 rings (SSSR count). The lowest BCUT2D eigenvalue weighted by Gasteiger charge is -2.08. The second-order valence-corrected chi connectivity index (χ2v) is 6.43. The van der Waals surface area contributed by atoms with Crippen LogP contribution in [-0.2, 0) is 12.8 Å². The molecule has 2 aromatic carbocycles. The van der Waals surface area contributed by atoms with Gasteiger partial charge in [-0.15, -0.1) is 0 Å². The molecule has 5 heteroatoms. The normalized spacial score (nSPS) is 10.3. The van der Waals surface area contributed by atoms with Crippen molar-refractivity contribution >= 4 is 17.5 Å². The van der Waals surface area contributed by atoms with Crippen LogP contribution in [0.1, 0.15) is 38.9 Å². The predicted octanol–water partition coefficient (Wildman–Crippen LogP) is 3.87. The first-order valence-electron chi connectivity index (χ1n) is 9.34. The average Bonchev–Trinajstić information content (AvgIpc) is 2.75. The minimum Gasteiger partial charge on any atom is -0.350 e. The quantitative estimate of drug-likeness (QED) is 0.660. The fourth-order valence-corrected chi connectivity index (χ4v) is 2.78. The molecule has 2 N–H and O–H groups in total. The molecule has 1 heterocycles. The number of rotatable bonds is 7. The van der Waals surface area contributed by atoms with E-state index in [-0.39, 0.29) is 17.5 Å². The highest BCUT2D eigenvalue weighted by Gasteiger charge is 2.12. The van der Waals surface area contributed by atoms with Crippen LogP contribution in [0.15, 0.2) is 72.9 Å². The number of carbonyl (C=O) groups is 2. The molecule has 0 fully saturated rings. The van der Waals surface area contributed by atoms with Crippen LogP contribution in [0, 0.1) is 0 Å². The van der Waals surface area contributed by atoms with Crippen molar-refractivity contribution in [3.63, 3.8) is 0 Å². The third kappa shape index (κ3) is 5.27. The Morgan fingerprint density at radius 2 is 1.64 bits per heavy atom. The highest BCUT2D eigenvalue weighted by molar-refractivity contribution is 6.05. The third-order valence-electron chi connectivity index (χ3n) is 4.42. The van der Waals surface area contributed by atoms with Crippen molar-refractivity contribution < 1.29 is 9.59 Å². The first-order valence-corrected chi connectivity index (χ1v) is 9.34. The molecular formula is C23H23N3O2. The highest BCUT2D eigenvalue weighted by Crippen LogP contribution is 2.12. The molecule has 2 amide bonds. The molecule has 1 aromatic heterocycles. The lowest BCUT2D eigenvalue weighted by atomic mass is 10.1. The van der Waals surface area contributed by atoms with Crippen LogP contribution in [0.25, 0.3) is 0 Å². The van der Waals surface area contributed by atoms with Crippen molar-refractivity contribution in [2.24, 2.45) is 0 Å². The summed E-state index contributed by atoms with van der Waals surface area (Å²) in [6.45, 7) is 2.59. The smallest absolute Gasteiger partial charge is 0.269 e. The topological polar surface area (TPSA) is 71.1 Å². The van der Waals surface area contributed by atoms with Gasteiger partial charge in [0.1, 0.15) is 5.69 Å². The van der Waals surface area contributed by atoms with Gasteiger partial charge < -0.3 is 10.6 Å². The predicted molar refractivity (Wildman–Crippen MR) is 110 cm³/mol. The van der Waals surface area contributed by atoms with Crippen molar-refractivity contribution in [3.8, 4) is 0 Å². The van der Waals surface area contributed by atoms with E-state index in [1.54, 1.807) is 6.07 Å². The van der Waals surface area contributed by atoms with E-state index < -0.39 is 0 Å². The van der Waals surface area contributed by atoms with Crippen molar-refractivity contribution in [1.29, 1.82) is 0 Å². The van der Waals surface area contributed by atoms with Gasteiger partial charge in [-0.05, 0) is 48.2 Å². The molecule has 3 aromatic rings. The van der Waals surface area contributed by atoms with E-state index in [4.69, 9.17) is 0 Å². The number of nitrogens with zero attached hydrogens (tertiary/aromatic N) is 1. The Hall–Kier alpha value is -3.47. The van der Waals surface area contributed by atoms with E-state index in [2.05, 4.69) is 22.5 Å². The summed E-state index contributed by atoms with van der Waals surface area (Å²) in [5, 5.41) is 5.68. The van der Waals surface area contributed by atoms with Crippen LogP contribution in [0.3, 0.4) is 0 Å². The van der Waals surface area contributed by atoms with Gasteiger partial charge in [0.05, 0.1) is 0 Å². The molecule has 0 bridgehead atoms. The Kier molecular flexibility index (Phi) is 6.52. The monoisotopic (exact) mass is 373 g/mol. The molecule has 0 aliphatic carbocycles. The summed E-state index contributed by atoms with van der Waals surface area (Å²) >= 11 is 0. The number of pyridine rings is 1. The van der Waals surface area contributed by atoms with E-state index in [9.17, 15) is 9.59 Å². The number of aryl methyl sites for hydroxylation is 1. The summed E-state index contributed by atoms with van der Waals surface area (Å²) < 4.78 is 0. The van der Waals surface area contributed by atoms with Crippen molar-refractivity contribution in [1.82, 2.24) is 10.3 Å². The Balaban J connectivity index is 1.58. The fourth-order valence-electron chi connectivity index (χ4n) is 2.78. The van der Waals surface area contributed by atoms with Gasteiger partial charge in [0.2, 0.25) is 0 Å². The minimum atomic E-state index is -0.294. The number of aromatic nitrogens is 1. The number of anilines is 1. The molecule has 0 atom stereocenters. The Morgan fingerprint density at radius 3 is 2.36 bits per heavy atom. The first kappa shape index (κ1) is 19.3. The van der Waals surface area contributed by atoms with Gasteiger partial charge in [0.25, 0.3) is 11.8 Å². The fraction of sp³-hybridized carbons (Fsp3) is 0.174. The standard InChI is InChI=1S/C23H23N3O2/c1-2-17-8-10-20(11-9-17)26-22(27)19-13-15-24-21(16-19)23(28)25-14-12-18-6-4-3-5-7-18/h3-11,13,15-16H,2,12,14H2,1H3,(H,25,28)(H,26,27). The molecule has 0 aliphatic heterocycles. The van der Waals surface area contributed by atoms with Crippen LogP contribution < -0.4 is 10.6 Å². The van der Waals surface area contributed by atoms with E-state index >= 15 is 0 Å². The van der Waals surface area contributed by atoms with E-state index in [0.717, 1.165) is 18.4 Å². The molecule has 0 saturated heterocycles. The number of nitrogens with one attached hydrogen (secondary N) is 2. The van der Waals surface area contributed by atoms with Crippen molar-refractivity contribution in [3.05, 3.63) is 95.3 Å². The van der Waals surface area contributed by atoms with Crippen LogP contribution in [0.4, 0.5) is 5.69 Å². The third-order valence-corrected chi connectivity index (χ3v) is 4.42. The Morgan fingerprint density at radius 1 is 0.893 bits per heavy atom. The van der Waals surface area contributed by atoms with Gasteiger partial charge in [0.15, 0.2) is 0 Å². The van der Waals surface area contributed by atoms with Crippen LogP contribution >= 0.6 is 0 Å². The maximum Gasteiger partial charge on any atom is 0.269 e. The zero-order valence-electron chi connectivity index (χ0n) is 15.8. The number of carbonyl (C=O) groups excluding carboxylic acids is 2. The summed E-state index contributed by atoms with van der Waals surface area (Å²) in [6, 6.07) is 20.7. The summed E-state index contributed by atoms with van der Waals surface area (Å²) in [4.78, 5) is 28.9. The second-order valence-electron chi connectivity index (χ2n) is 6.43. The Bertz CT molecular complexity index is 938. The molecule has 0 unspecified atom stereocenters. The Labute approximate surface area is 164 Å². The molecule has 0 saturated carbocycles. The summed E-state index contributed by atoms with van der Waals surface area (Å²) in [5.41, 5.74) is 3.69. The number of hydrogen-bond acceptors (Lipinski definition) is 3. The van der Waals surface area contributed by atoms with E-state index in [1.807, 2.05) is 54.6 Å². The van der Waals surface area contributed by atoms with Gasteiger partial charge in [-0.2, -0.15) is 0 Å². The van der Waals surface area contributed by atoms with Gasteiger partial charge in [-0.1, -0.05) is 49.4 Å². The molecule has 0 radical (unpaired) electrons. The number of hydrogen-bond donors (Lipinski definition) is 2. The lowest BCUT2D eigenvalue weighted by Crippen LogP contribution is -2.27. The second kappa shape index (κ2) is 9.46. The summed E-state index contributed by atoms with van der Waals surface area (Å²) in [5.74, 6) is -0.567. The molecule has 142 valence electrons. The minimum absolute atomic E-state index is 0.224. The van der Waals surface area contributed by atoms with Crippen LogP contribution in [-0.4, -0.2) is 23.3 Å². The molecular weight excluding hydrogens is 350 g/mol. The zero-order chi connectivity index (χ0) is 19.8. The van der Waals surface area contributed by atoms with Crippen LogP contribution in [0.2, 0.25) is 0 Å². The molecule has 0 spiro atoms. The molecule has 0 aliphatic rings. The SMILES string of the molecule is CCc1ccc(NC(=O)c2ccnc(C(=O)NCCc3ccccc3)c2)cc1. The van der Waals surface area contributed by atoms with Crippen molar-refractivity contribution in [2.75, 3.05) is 11.9 Å². The van der Waals surface area contributed by atoms with Crippen LogP contribution in [0.5, 0.6) is 0 Å². The van der Waals surface area contributed by atoms with E-state index in [0.29, 0.717) is 17.8 Å². The van der Waals surface area contributed by atoms with E-state index in [1.165, 1.54) is 17.8 Å².